The van der Waals surface area contributed by atoms with Crippen LogP contribution < -0.4 is 0 Å². The number of carbonyl (C=O) groups is 2. The molecular weight excluding hydrogens is 326 g/mol. The first kappa shape index (κ1) is 20.5. The molecule has 1 saturated carbocycles. The van der Waals surface area contributed by atoms with E-state index in [9.17, 15) is 9.59 Å². The first-order valence-corrected chi connectivity index (χ1v) is 9.85. The van der Waals surface area contributed by atoms with Crippen molar-refractivity contribution in [3.8, 4) is 0 Å². The van der Waals surface area contributed by atoms with Gasteiger partial charge in [-0.25, -0.2) is 0 Å². The minimum atomic E-state index is -0.294. The molecule has 0 aliphatic heterocycles. The van der Waals surface area contributed by atoms with Crippen molar-refractivity contribution >= 4 is 11.9 Å². The van der Waals surface area contributed by atoms with Crippen LogP contribution >= 0.6 is 0 Å². The molecular formula is C22H33NO3. The van der Waals surface area contributed by atoms with Crippen molar-refractivity contribution in [1.29, 1.82) is 0 Å². The number of carbonyl (C=O) groups excluding carboxylic acids is 2. The molecule has 0 saturated heterocycles. The molecule has 3 atom stereocenters. The van der Waals surface area contributed by atoms with Gasteiger partial charge < -0.3 is 9.64 Å². The van der Waals surface area contributed by atoms with E-state index in [4.69, 9.17) is 4.74 Å². The molecule has 1 aromatic rings. The van der Waals surface area contributed by atoms with Crippen molar-refractivity contribution in [3.63, 3.8) is 0 Å². The SMILES string of the molecule is COC(=O)C(C)CN(C(=O)CCc1ccc(C)cc1)C1CCCCC1C. The summed E-state index contributed by atoms with van der Waals surface area (Å²) in [6.07, 6.45) is 5.80. The third kappa shape index (κ3) is 5.58. The fourth-order valence-electron chi connectivity index (χ4n) is 3.90. The summed E-state index contributed by atoms with van der Waals surface area (Å²) in [5, 5.41) is 0. The second kappa shape index (κ2) is 9.75. The Morgan fingerprint density at radius 1 is 1.19 bits per heavy atom. The molecule has 1 fully saturated rings. The lowest BCUT2D eigenvalue weighted by Gasteiger charge is -2.39. The Hall–Kier alpha value is -1.84. The van der Waals surface area contributed by atoms with E-state index in [1.807, 2.05) is 11.8 Å². The summed E-state index contributed by atoms with van der Waals surface area (Å²) in [5.41, 5.74) is 2.41. The van der Waals surface area contributed by atoms with Gasteiger partial charge in [-0.3, -0.25) is 9.59 Å². The van der Waals surface area contributed by atoms with Crippen LogP contribution in [0.2, 0.25) is 0 Å². The molecule has 4 heteroatoms. The Morgan fingerprint density at radius 2 is 1.85 bits per heavy atom. The van der Waals surface area contributed by atoms with Crippen LogP contribution in [0.3, 0.4) is 0 Å². The molecule has 2 rings (SSSR count). The van der Waals surface area contributed by atoms with E-state index in [1.54, 1.807) is 0 Å². The van der Waals surface area contributed by atoms with Gasteiger partial charge in [0.25, 0.3) is 0 Å². The van der Waals surface area contributed by atoms with Crippen molar-refractivity contribution in [2.45, 2.75) is 65.3 Å². The van der Waals surface area contributed by atoms with Crippen LogP contribution in [0.25, 0.3) is 0 Å². The summed E-state index contributed by atoms with van der Waals surface area (Å²) in [4.78, 5) is 26.9. The third-order valence-corrected chi connectivity index (χ3v) is 5.61. The number of hydrogen-bond acceptors (Lipinski definition) is 3. The van der Waals surface area contributed by atoms with Crippen LogP contribution in [0.5, 0.6) is 0 Å². The standard InChI is InChI=1S/C22H33NO3/c1-16-9-11-19(12-10-16)13-14-21(24)23(15-18(3)22(25)26-4)20-8-6-5-7-17(20)2/h9-12,17-18,20H,5-8,13-15H2,1-4H3. The molecule has 1 aliphatic carbocycles. The van der Waals surface area contributed by atoms with Gasteiger partial charge in [0.1, 0.15) is 0 Å². The molecule has 144 valence electrons. The Balaban J connectivity index is 2.06. The summed E-state index contributed by atoms with van der Waals surface area (Å²) in [6, 6.07) is 8.59. The third-order valence-electron chi connectivity index (χ3n) is 5.61. The van der Waals surface area contributed by atoms with E-state index in [0.717, 1.165) is 25.7 Å². The van der Waals surface area contributed by atoms with E-state index in [-0.39, 0.29) is 23.8 Å². The van der Waals surface area contributed by atoms with E-state index in [1.165, 1.54) is 24.7 Å². The maximum atomic E-state index is 13.0. The summed E-state index contributed by atoms with van der Waals surface area (Å²) in [6.45, 7) is 6.59. The normalized spacial score (nSPS) is 21.1. The molecule has 4 nitrogen and oxygen atoms in total. The molecule has 0 N–H and O–H groups in total. The second-order valence-corrected chi connectivity index (χ2v) is 7.78. The molecule has 0 spiro atoms. The Morgan fingerprint density at radius 3 is 2.46 bits per heavy atom. The topological polar surface area (TPSA) is 46.6 Å². The molecule has 0 aromatic heterocycles. The van der Waals surface area contributed by atoms with Crippen LogP contribution in [0.4, 0.5) is 0 Å². The quantitative estimate of drug-likeness (QED) is 0.687. The van der Waals surface area contributed by atoms with Crippen LogP contribution in [-0.4, -0.2) is 36.5 Å². The summed E-state index contributed by atoms with van der Waals surface area (Å²) in [7, 11) is 1.41. The van der Waals surface area contributed by atoms with E-state index >= 15 is 0 Å². The first-order valence-electron chi connectivity index (χ1n) is 9.85. The molecule has 0 heterocycles. The van der Waals surface area contributed by atoms with Crippen molar-refractivity contribution in [2.24, 2.45) is 11.8 Å². The van der Waals surface area contributed by atoms with Gasteiger partial charge in [0, 0.05) is 19.0 Å². The average molecular weight is 360 g/mol. The van der Waals surface area contributed by atoms with Crippen molar-refractivity contribution < 1.29 is 14.3 Å². The highest BCUT2D eigenvalue weighted by molar-refractivity contribution is 5.78. The van der Waals surface area contributed by atoms with Crippen LogP contribution in [0.15, 0.2) is 24.3 Å². The van der Waals surface area contributed by atoms with Crippen molar-refractivity contribution in [1.82, 2.24) is 4.90 Å². The molecule has 26 heavy (non-hydrogen) atoms. The molecule has 1 aliphatic rings. The number of nitrogens with zero attached hydrogens (tertiary/aromatic N) is 1. The Kier molecular flexibility index (Phi) is 7.67. The predicted octanol–water partition coefficient (Wildman–Crippen LogP) is 4.14. The van der Waals surface area contributed by atoms with Gasteiger partial charge in [0.05, 0.1) is 13.0 Å². The zero-order chi connectivity index (χ0) is 19.1. The summed E-state index contributed by atoms with van der Waals surface area (Å²) in [5.74, 6) is 0.0965. The van der Waals surface area contributed by atoms with Gasteiger partial charge in [-0.1, -0.05) is 56.5 Å². The minimum absolute atomic E-state index is 0.153. The number of benzene rings is 1. The fraction of sp³-hybridized carbons (Fsp3) is 0.636. The lowest BCUT2D eigenvalue weighted by Crippen LogP contribution is -2.48. The number of rotatable bonds is 7. The van der Waals surface area contributed by atoms with Crippen molar-refractivity contribution in [2.75, 3.05) is 13.7 Å². The number of aryl methyl sites for hydroxylation is 2. The predicted molar refractivity (Wildman–Crippen MR) is 104 cm³/mol. The zero-order valence-corrected chi connectivity index (χ0v) is 16.7. The molecule has 3 unspecified atom stereocenters. The average Bonchev–Trinajstić information content (AvgIpc) is 2.65. The lowest BCUT2D eigenvalue weighted by atomic mass is 9.84. The number of hydrogen-bond donors (Lipinski definition) is 0. The van der Waals surface area contributed by atoms with Crippen LogP contribution in [-0.2, 0) is 20.7 Å². The second-order valence-electron chi connectivity index (χ2n) is 7.78. The summed E-state index contributed by atoms with van der Waals surface area (Å²) < 4.78 is 4.87. The number of ether oxygens (including phenoxy) is 1. The molecule has 1 amide bonds. The van der Waals surface area contributed by atoms with Gasteiger partial charge in [0.15, 0.2) is 0 Å². The molecule has 1 aromatic carbocycles. The fourth-order valence-corrected chi connectivity index (χ4v) is 3.90. The number of esters is 1. The van der Waals surface area contributed by atoms with Crippen molar-refractivity contribution in [3.05, 3.63) is 35.4 Å². The molecule has 0 radical (unpaired) electrons. The van der Waals surface area contributed by atoms with Crippen LogP contribution in [0.1, 0.15) is 57.1 Å². The van der Waals surface area contributed by atoms with Gasteiger partial charge in [-0.05, 0) is 37.7 Å². The van der Waals surface area contributed by atoms with E-state index < -0.39 is 0 Å². The Labute approximate surface area is 157 Å². The molecule has 0 bridgehead atoms. The van der Waals surface area contributed by atoms with Crippen LogP contribution in [0, 0.1) is 18.8 Å². The highest BCUT2D eigenvalue weighted by Gasteiger charge is 2.32. The maximum absolute atomic E-state index is 13.0. The lowest BCUT2D eigenvalue weighted by molar-refractivity contribution is -0.147. The largest absolute Gasteiger partial charge is 0.469 e. The number of methoxy groups -OCH3 is 1. The highest BCUT2D eigenvalue weighted by Crippen LogP contribution is 2.29. The first-order chi connectivity index (χ1) is 12.4. The maximum Gasteiger partial charge on any atom is 0.310 e. The van der Waals surface area contributed by atoms with E-state index in [0.29, 0.717) is 18.9 Å². The van der Waals surface area contributed by atoms with E-state index in [2.05, 4.69) is 38.1 Å². The minimum Gasteiger partial charge on any atom is -0.469 e. The highest BCUT2D eigenvalue weighted by atomic mass is 16.5. The van der Waals surface area contributed by atoms with Gasteiger partial charge in [-0.15, -0.1) is 0 Å². The Bertz CT molecular complexity index is 596. The summed E-state index contributed by atoms with van der Waals surface area (Å²) >= 11 is 0. The monoisotopic (exact) mass is 359 g/mol. The zero-order valence-electron chi connectivity index (χ0n) is 16.7. The van der Waals surface area contributed by atoms with Gasteiger partial charge in [-0.2, -0.15) is 0 Å². The van der Waals surface area contributed by atoms with Gasteiger partial charge in [0.2, 0.25) is 5.91 Å². The van der Waals surface area contributed by atoms with Gasteiger partial charge >= 0.3 is 5.97 Å². The smallest absolute Gasteiger partial charge is 0.310 e. The number of amides is 1.